The molecule has 23 heavy (non-hydrogen) atoms. The molecule has 1 aliphatic carbocycles. The minimum absolute atomic E-state index is 0. The fourth-order valence-corrected chi connectivity index (χ4v) is 3.57. The quantitative estimate of drug-likeness (QED) is 0.430. The topological polar surface area (TPSA) is 61.8 Å². The SMILES string of the molecule is CC1CCN(C(N)=NCc2c(O)ccc3c2CCCC3)CC1.I. The van der Waals surface area contributed by atoms with Crippen LogP contribution >= 0.6 is 24.0 Å². The monoisotopic (exact) mass is 429 g/mol. The molecule has 0 atom stereocenters. The Kier molecular flexibility index (Phi) is 6.56. The van der Waals surface area contributed by atoms with Crippen LogP contribution < -0.4 is 5.73 Å². The molecule has 1 aliphatic heterocycles. The first-order chi connectivity index (χ1) is 10.6. The summed E-state index contributed by atoms with van der Waals surface area (Å²) in [4.78, 5) is 6.75. The van der Waals surface area contributed by atoms with Crippen LogP contribution in [0.4, 0.5) is 0 Å². The zero-order valence-electron chi connectivity index (χ0n) is 13.9. The molecule has 1 saturated heterocycles. The van der Waals surface area contributed by atoms with Gasteiger partial charge in [-0.3, -0.25) is 0 Å². The Balaban J connectivity index is 0.00000192. The molecule has 0 aromatic heterocycles. The van der Waals surface area contributed by atoms with Gasteiger partial charge in [0.05, 0.1) is 6.54 Å². The molecule has 0 saturated carbocycles. The second kappa shape index (κ2) is 8.22. The van der Waals surface area contributed by atoms with Crippen molar-refractivity contribution < 1.29 is 5.11 Å². The molecular formula is C18H28IN3O. The maximum atomic E-state index is 10.2. The summed E-state index contributed by atoms with van der Waals surface area (Å²) in [6.45, 7) is 4.77. The van der Waals surface area contributed by atoms with Crippen molar-refractivity contribution in [2.24, 2.45) is 16.6 Å². The highest BCUT2D eigenvalue weighted by Crippen LogP contribution is 2.31. The van der Waals surface area contributed by atoms with Crippen LogP contribution in [-0.2, 0) is 19.4 Å². The predicted octanol–water partition coefficient (Wildman–Crippen LogP) is 3.44. The van der Waals surface area contributed by atoms with Crippen molar-refractivity contribution in [3.63, 3.8) is 0 Å². The van der Waals surface area contributed by atoms with Crippen LogP contribution in [0.25, 0.3) is 0 Å². The average Bonchev–Trinajstić information content (AvgIpc) is 2.54. The van der Waals surface area contributed by atoms with Gasteiger partial charge >= 0.3 is 0 Å². The summed E-state index contributed by atoms with van der Waals surface area (Å²) in [5.74, 6) is 1.78. The predicted molar refractivity (Wildman–Crippen MR) is 105 cm³/mol. The number of aliphatic imine (C=N–C) groups is 1. The number of benzene rings is 1. The number of hydrogen-bond acceptors (Lipinski definition) is 2. The van der Waals surface area contributed by atoms with Crippen LogP contribution in [-0.4, -0.2) is 29.1 Å². The second-order valence-corrected chi connectivity index (χ2v) is 6.75. The molecule has 2 aliphatic rings. The van der Waals surface area contributed by atoms with Gasteiger partial charge in [0.15, 0.2) is 5.96 Å². The summed E-state index contributed by atoms with van der Waals surface area (Å²) in [7, 11) is 0. The highest BCUT2D eigenvalue weighted by Gasteiger charge is 2.19. The molecule has 1 aromatic carbocycles. The Bertz CT molecular complexity index is 566. The van der Waals surface area contributed by atoms with E-state index >= 15 is 0 Å². The Hall–Kier alpha value is -0.980. The van der Waals surface area contributed by atoms with Crippen molar-refractivity contribution in [3.8, 4) is 5.75 Å². The number of likely N-dealkylation sites (tertiary alicyclic amines) is 1. The van der Waals surface area contributed by atoms with Gasteiger partial charge in [-0.1, -0.05) is 13.0 Å². The first-order valence-electron chi connectivity index (χ1n) is 8.52. The summed E-state index contributed by atoms with van der Waals surface area (Å²) in [5.41, 5.74) is 9.82. The number of phenols is 1. The van der Waals surface area contributed by atoms with Crippen molar-refractivity contribution in [2.45, 2.75) is 52.0 Å². The van der Waals surface area contributed by atoms with Crippen LogP contribution in [0.3, 0.4) is 0 Å². The van der Waals surface area contributed by atoms with E-state index in [9.17, 15) is 5.11 Å². The number of hydrogen-bond donors (Lipinski definition) is 2. The van der Waals surface area contributed by atoms with E-state index in [0.29, 0.717) is 18.3 Å². The molecule has 0 spiro atoms. The van der Waals surface area contributed by atoms with Gasteiger partial charge in [-0.05, 0) is 61.6 Å². The van der Waals surface area contributed by atoms with Crippen LogP contribution in [0.15, 0.2) is 17.1 Å². The van der Waals surface area contributed by atoms with E-state index in [-0.39, 0.29) is 24.0 Å². The minimum Gasteiger partial charge on any atom is -0.508 e. The lowest BCUT2D eigenvalue weighted by molar-refractivity contribution is 0.277. The summed E-state index contributed by atoms with van der Waals surface area (Å²) in [5, 5.41) is 10.2. The van der Waals surface area contributed by atoms with E-state index in [0.717, 1.165) is 37.4 Å². The van der Waals surface area contributed by atoms with Crippen LogP contribution in [0.5, 0.6) is 5.75 Å². The summed E-state index contributed by atoms with van der Waals surface area (Å²) >= 11 is 0. The molecule has 0 bridgehead atoms. The highest BCUT2D eigenvalue weighted by atomic mass is 127. The van der Waals surface area contributed by atoms with Gasteiger partial charge in [-0.2, -0.15) is 0 Å². The number of phenolic OH excluding ortho intramolecular Hbond substituents is 1. The van der Waals surface area contributed by atoms with Crippen LogP contribution in [0.2, 0.25) is 0 Å². The van der Waals surface area contributed by atoms with Gasteiger partial charge in [0.2, 0.25) is 0 Å². The Morgan fingerprint density at radius 3 is 2.70 bits per heavy atom. The molecule has 128 valence electrons. The third-order valence-electron chi connectivity index (χ3n) is 5.13. The molecule has 0 amide bonds. The fraction of sp³-hybridized carbons (Fsp3) is 0.611. The largest absolute Gasteiger partial charge is 0.508 e. The molecule has 1 heterocycles. The van der Waals surface area contributed by atoms with E-state index in [2.05, 4.69) is 22.9 Å². The van der Waals surface area contributed by atoms with E-state index in [1.54, 1.807) is 0 Å². The number of aryl methyl sites for hydroxylation is 1. The molecule has 3 rings (SSSR count). The molecule has 0 unspecified atom stereocenters. The first-order valence-corrected chi connectivity index (χ1v) is 8.52. The lowest BCUT2D eigenvalue weighted by Gasteiger charge is -2.31. The summed E-state index contributed by atoms with van der Waals surface area (Å²) < 4.78 is 0. The fourth-order valence-electron chi connectivity index (χ4n) is 3.57. The van der Waals surface area contributed by atoms with Gasteiger partial charge in [0, 0.05) is 18.7 Å². The van der Waals surface area contributed by atoms with Gasteiger partial charge in [-0.15, -0.1) is 24.0 Å². The maximum Gasteiger partial charge on any atom is 0.191 e. The van der Waals surface area contributed by atoms with Crippen LogP contribution in [0.1, 0.15) is 49.3 Å². The molecule has 1 aromatic rings. The van der Waals surface area contributed by atoms with E-state index < -0.39 is 0 Å². The van der Waals surface area contributed by atoms with E-state index in [1.165, 1.54) is 36.8 Å². The summed E-state index contributed by atoms with van der Waals surface area (Å²) in [6, 6.07) is 3.88. The third kappa shape index (κ3) is 4.31. The Morgan fingerprint density at radius 1 is 1.26 bits per heavy atom. The van der Waals surface area contributed by atoms with Crippen molar-refractivity contribution in [2.75, 3.05) is 13.1 Å². The van der Waals surface area contributed by atoms with Crippen molar-refractivity contribution >= 4 is 29.9 Å². The normalized spacial score (nSPS) is 19.2. The number of nitrogens with two attached hydrogens (primary N) is 1. The van der Waals surface area contributed by atoms with Gasteiger partial charge in [0.1, 0.15) is 5.75 Å². The number of halogens is 1. The number of guanidine groups is 1. The number of rotatable bonds is 2. The maximum absolute atomic E-state index is 10.2. The smallest absolute Gasteiger partial charge is 0.191 e. The van der Waals surface area contributed by atoms with Gasteiger partial charge in [-0.25, -0.2) is 4.99 Å². The Labute approximate surface area is 156 Å². The van der Waals surface area contributed by atoms with E-state index in [1.807, 2.05) is 6.07 Å². The Morgan fingerprint density at radius 2 is 1.96 bits per heavy atom. The van der Waals surface area contributed by atoms with Crippen LogP contribution in [0, 0.1) is 5.92 Å². The number of aromatic hydroxyl groups is 1. The van der Waals surface area contributed by atoms with Crippen molar-refractivity contribution in [1.82, 2.24) is 4.90 Å². The zero-order valence-corrected chi connectivity index (χ0v) is 16.3. The lowest BCUT2D eigenvalue weighted by atomic mass is 9.88. The van der Waals surface area contributed by atoms with Crippen molar-refractivity contribution in [1.29, 1.82) is 0 Å². The lowest BCUT2D eigenvalue weighted by Crippen LogP contribution is -2.42. The molecule has 3 N–H and O–H groups in total. The molecular weight excluding hydrogens is 401 g/mol. The molecule has 5 heteroatoms. The van der Waals surface area contributed by atoms with Crippen molar-refractivity contribution in [3.05, 3.63) is 28.8 Å². The standard InChI is InChI=1S/C18H27N3O.HI/c1-13-8-10-21(11-9-13)18(19)20-12-16-15-5-3-2-4-14(15)6-7-17(16)22;/h6-7,13,22H,2-5,8-12H2,1H3,(H2,19,20);1H. The number of nitrogens with zero attached hydrogens (tertiary/aromatic N) is 2. The molecule has 0 radical (unpaired) electrons. The van der Waals surface area contributed by atoms with E-state index in [4.69, 9.17) is 5.73 Å². The highest BCUT2D eigenvalue weighted by molar-refractivity contribution is 14.0. The van der Waals surface area contributed by atoms with Gasteiger partial charge < -0.3 is 15.7 Å². The number of fused-ring (bicyclic) bond motifs is 1. The first kappa shape index (κ1) is 18.4. The second-order valence-electron chi connectivity index (χ2n) is 6.75. The number of piperidine rings is 1. The third-order valence-corrected chi connectivity index (χ3v) is 5.13. The minimum atomic E-state index is 0. The average molecular weight is 429 g/mol. The molecule has 4 nitrogen and oxygen atoms in total. The van der Waals surface area contributed by atoms with Gasteiger partial charge in [0.25, 0.3) is 0 Å². The zero-order chi connectivity index (χ0) is 15.5. The summed E-state index contributed by atoms with van der Waals surface area (Å²) in [6.07, 6.45) is 6.98. The molecule has 1 fully saturated rings.